The summed E-state index contributed by atoms with van der Waals surface area (Å²) in [5.41, 5.74) is 5.13. The Balaban J connectivity index is 0.894. The highest BCUT2D eigenvalue weighted by molar-refractivity contribution is 6.01. The summed E-state index contributed by atoms with van der Waals surface area (Å²) in [4.78, 5) is 72.9. The summed E-state index contributed by atoms with van der Waals surface area (Å²) in [5, 5.41) is 11.6. The number of carbonyl (C=O) groups excluding carboxylic acids is 3. The maximum atomic E-state index is 13.6. The summed E-state index contributed by atoms with van der Waals surface area (Å²) in [6.07, 6.45) is 7.92. The Hall–Kier alpha value is -7.05. The number of carbonyl (C=O) groups is 3. The van der Waals surface area contributed by atoms with Crippen LogP contribution in [0.3, 0.4) is 0 Å². The predicted octanol–water partition coefficient (Wildman–Crippen LogP) is 4.66. The van der Waals surface area contributed by atoms with Crippen LogP contribution in [0.1, 0.15) is 53.2 Å². The van der Waals surface area contributed by atoms with Crippen molar-refractivity contribution in [1.29, 1.82) is 0 Å². The number of imidazole rings is 1. The highest BCUT2D eigenvalue weighted by atomic mass is 19.1. The van der Waals surface area contributed by atoms with Gasteiger partial charge < -0.3 is 20.7 Å². The van der Waals surface area contributed by atoms with Crippen molar-refractivity contribution in [2.24, 2.45) is 7.05 Å². The second-order valence-corrected chi connectivity index (χ2v) is 15.5. The van der Waals surface area contributed by atoms with Gasteiger partial charge in [-0.1, -0.05) is 24.3 Å². The first-order valence-corrected chi connectivity index (χ1v) is 20.3. The van der Waals surface area contributed by atoms with Gasteiger partial charge in [-0.3, -0.25) is 38.6 Å². The van der Waals surface area contributed by atoms with Crippen molar-refractivity contribution in [2.75, 3.05) is 44.9 Å². The molecule has 17 nitrogen and oxygen atoms in total. The molecule has 0 bridgehead atoms. The number of ether oxygens (including phenoxy) is 1. The summed E-state index contributed by atoms with van der Waals surface area (Å²) in [5.74, 6) is 0.0599. The third kappa shape index (κ3) is 8.59. The second-order valence-electron chi connectivity index (χ2n) is 15.5. The third-order valence-electron chi connectivity index (χ3n) is 11.5. The first-order valence-electron chi connectivity index (χ1n) is 20.3. The molecule has 4 aromatic heterocycles. The Labute approximate surface area is 356 Å². The Bertz CT molecular complexity index is 2690. The van der Waals surface area contributed by atoms with Crippen LogP contribution >= 0.6 is 0 Å². The molecule has 0 aliphatic carbocycles. The number of likely N-dealkylation sites (tertiary alicyclic amines) is 1. The number of fused-ring (bicyclic) bond motifs is 1. The lowest BCUT2D eigenvalue weighted by Crippen LogP contribution is -2.44. The molecule has 2 saturated heterocycles. The van der Waals surface area contributed by atoms with Gasteiger partial charge in [-0.05, 0) is 74.8 Å². The minimum absolute atomic E-state index is 0.199. The first-order chi connectivity index (χ1) is 30.0. The number of methoxy groups -OCH3 is 1. The van der Waals surface area contributed by atoms with Crippen LogP contribution in [0.5, 0.6) is 5.75 Å². The molecule has 0 radical (unpaired) electrons. The Kier molecular flexibility index (Phi) is 12.0. The molecule has 1 unspecified atom stereocenters. The van der Waals surface area contributed by atoms with E-state index in [0.29, 0.717) is 71.0 Å². The molecule has 6 aromatic rings. The van der Waals surface area contributed by atoms with Gasteiger partial charge in [0.2, 0.25) is 11.8 Å². The number of benzene rings is 2. The molecule has 2 fully saturated rings. The van der Waals surface area contributed by atoms with E-state index in [9.17, 15) is 23.6 Å². The van der Waals surface area contributed by atoms with E-state index in [1.807, 2.05) is 36.5 Å². The summed E-state index contributed by atoms with van der Waals surface area (Å²) in [6.45, 7) is 3.16. The van der Waals surface area contributed by atoms with E-state index in [2.05, 4.69) is 58.1 Å². The number of amides is 3. The van der Waals surface area contributed by atoms with Crippen LogP contribution in [-0.4, -0.2) is 96.9 Å². The van der Waals surface area contributed by atoms with Crippen molar-refractivity contribution in [3.63, 3.8) is 0 Å². The largest absolute Gasteiger partial charge is 0.494 e. The summed E-state index contributed by atoms with van der Waals surface area (Å²) in [7, 11) is 6.92. The molecular weight excluding hydrogens is 796 g/mol. The quantitative estimate of drug-likeness (QED) is 0.118. The van der Waals surface area contributed by atoms with Gasteiger partial charge in [0, 0.05) is 58.1 Å². The van der Waals surface area contributed by atoms with Gasteiger partial charge in [0.1, 0.15) is 17.7 Å². The van der Waals surface area contributed by atoms with Crippen LogP contribution in [0.4, 0.5) is 27.4 Å². The summed E-state index contributed by atoms with van der Waals surface area (Å²) >= 11 is 0. The highest BCUT2D eigenvalue weighted by Crippen LogP contribution is 2.37. The fourth-order valence-corrected chi connectivity index (χ4v) is 8.35. The van der Waals surface area contributed by atoms with E-state index >= 15 is 0 Å². The maximum absolute atomic E-state index is 13.6. The van der Waals surface area contributed by atoms with Crippen molar-refractivity contribution >= 4 is 51.8 Å². The van der Waals surface area contributed by atoms with Crippen molar-refractivity contribution in [2.45, 2.75) is 50.9 Å². The van der Waals surface area contributed by atoms with E-state index in [4.69, 9.17) is 4.74 Å². The van der Waals surface area contributed by atoms with E-state index in [-0.39, 0.29) is 29.7 Å². The molecule has 3 amide bonds. The maximum Gasteiger partial charge on any atom is 0.329 e. The number of anilines is 4. The number of aryl methyl sites for hydroxylation is 1. The van der Waals surface area contributed by atoms with Crippen LogP contribution in [0.2, 0.25) is 0 Å². The number of nitrogens with zero attached hydrogens (tertiary/aromatic N) is 8. The van der Waals surface area contributed by atoms with Gasteiger partial charge in [-0.25, -0.2) is 29.1 Å². The van der Waals surface area contributed by atoms with E-state index < -0.39 is 17.8 Å². The standard InChI is InChI=1S/C44H47FN12O5/c1-46-42(59)31-23-48-37(19-33(31)51-32-9-6-8-30(40(32)62-4)41-49-21-28(45)22-50-41)52-36-13-11-26(20-47-36)24-54(2)29-15-17-56(18-16-29)25-27-7-5-10-34-39(27)55(3)44(61)57(34)35-12-14-38(58)53-43(35)60/h5-11,13,19-23,29,35H,12,14-18,24-25H2,1-4H3,(H,46,59)(H,53,58,60)(H2,47,48,51,52). The van der Waals surface area contributed by atoms with E-state index in [0.717, 1.165) is 55.0 Å². The highest BCUT2D eigenvalue weighted by Gasteiger charge is 2.32. The van der Waals surface area contributed by atoms with E-state index in [1.54, 1.807) is 42.9 Å². The zero-order chi connectivity index (χ0) is 43.5. The van der Waals surface area contributed by atoms with Crippen LogP contribution in [-0.2, 0) is 29.7 Å². The molecule has 0 saturated carbocycles. The second kappa shape index (κ2) is 17.9. The number of para-hydroxylation sites is 2. The van der Waals surface area contributed by atoms with Gasteiger partial charge in [-0.2, -0.15) is 0 Å². The smallest absolute Gasteiger partial charge is 0.329 e. The lowest BCUT2D eigenvalue weighted by Gasteiger charge is -2.37. The molecule has 1 atom stereocenters. The Morgan fingerprint density at radius 1 is 0.919 bits per heavy atom. The molecule has 18 heteroatoms. The fourth-order valence-electron chi connectivity index (χ4n) is 8.35. The number of hydrogen-bond acceptors (Lipinski definition) is 13. The van der Waals surface area contributed by atoms with Crippen LogP contribution in [0, 0.1) is 5.82 Å². The molecule has 8 rings (SSSR count). The van der Waals surface area contributed by atoms with Gasteiger partial charge in [-0.15, -0.1) is 0 Å². The molecule has 2 aliphatic rings. The zero-order valence-electron chi connectivity index (χ0n) is 34.8. The minimum atomic E-state index is -0.719. The number of hydrogen-bond donors (Lipinski definition) is 4. The third-order valence-corrected chi connectivity index (χ3v) is 11.5. The van der Waals surface area contributed by atoms with Gasteiger partial charge in [0.25, 0.3) is 5.91 Å². The lowest BCUT2D eigenvalue weighted by atomic mass is 10.0. The SMILES string of the molecule is CNC(=O)c1cnc(Nc2ccc(CN(C)C3CCN(Cc4cccc5c4n(C)c(=O)n5C4CCC(=O)NC4=O)CC3)cn2)cc1Nc1cccc(-c2ncc(F)cn2)c1OC. The predicted molar refractivity (Wildman–Crippen MR) is 231 cm³/mol. The van der Waals surface area contributed by atoms with Crippen molar-refractivity contribution in [3.8, 4) is 17.1 Å². The molecule has 62 heavy (non-hydrogen) atoms. The summed E-state index contributed by atoms with van der Waals surface area (Å²) in [6, 6.07) is 16.4. The van der Waals surface area contributed by atoms with Crippen molar-refractivity contribution in [1.82, 2.24) is 49.5 Å². The molecule has 320 valence electrons. The normalized spacial score (nSPS) is 16.1. The first kappa shape index (κ1) is 41.7. The zero-order valence-corrected chi connectivity index (χ0v) is 34.8. The number of pyridine rings is 2. The van der Waals surface area contributed by atoms with Crippen molar-refractivity contribution < 1.29 is 23.5 Å². The average Bonchev–Trinajstić information content (AvgIpc) is 3.53. The molecule has 0 spiro atoms. The molecular formula is C44H47FN12O5. The van der Waals surface area contributed by atoms with E-state index in [1.165, 1.54) is 17.9 Å². The Morgan fingerprint density at radius 3 is 2.39 bits per heavy atom. The Morgan fingerprint density at radius 2 is 1.68 bits per heavy atom. The average molecular weight is 843 g/mol. The lowest BCUT2D eigenvalue weighted by molar-refractivity contribution is -0.135. The van der Waals surface area contributed by atoms with Crippen LogP contribution < -0.4 is 31.7 Å². The number of aromatic nitrogens is 6. The minimum Gasteiger partial charge on any atom is -0.494 e. The molecule has 2 aromatic carbocycles. The molecule has 6 heterocycles. The van der Waals surface area contributed by atoms with Crippen molar-refractivity contribution in [3.05, 3.63) is 112 Å². The van der Waals surface area contributed by atoms with Gasteiger partial charge >= 0.3 is 5.69 Å². The molecule has 2 aliphatic heterocycles. The number of halogens is 1. The number of nitrogens with one attached hydrogen (secondary N) is 4. The van der Waals surface area contributed by atoms with Crippen LogP contribution in [0.25, 0.3) is 22.4 Å². The monoisotopic (exact) mass is 842 g/mol. The number of rotatable bonds is 13. The summed E-state index contributed by atoms with van der Waals surface area (Å²) < 4.78 is 22.4. The number of piperidine rings is 2. The topological polar surface area (TPSA) is 194 Å². The van der Waals surface area contributed by atoms with Gasteiger partial charge in [0.15, 0.2) is 17.4 Å². The van der Waals surface area contributed by atoms with Crippen LogP contribution in [0.15, 0.2) is 84.2 Å². The number of imide groups is 1. The fraction of sp³-hybridized carbons (Fsp3) is 0.318. The molecule has 4 N–H and O–H groups in total. The van der Waals surface area contributed by atoms with Gasteiger partial charge in [0.05, 0.1) is 53.0 Å².